The quantitative estimate of drug-likeness (QED) is 0.206. The number of Topliss-reactive ketones (excluding diaryl/α,β-unsaturated/α-hetero) is 1. The summed E-state index contributed by atoms with van der Waals surface area (Å²) in [5.41, 5.74) is 1.96. The summed E-state index contributed by atoms with van der Waals surface area (Å²) in [5.74, 6) is -1.76. The van der Waals surface area contributed by atoms with Gasteiger partial charge in [-0.15, -0.1) is 0 Å². The minimum absolute atomic E-state index is 0.0304. The van der Waals surface area contributed by atoms with Crippen LogP contribution >= 0.6 is 15.9 Å². The predicted octanol–water partition coefficient (Wildman–Crippen LogP) is 4.90. The number of ether oxygens (including phenoxy) is 1. The van der Waals surface area contributed by atoms with E-state index in [0.717, 1.165) is 16.5 Å². The Bertz CT molecular complexity index is 1080. The van der Waals surface area contributed by atoms with E-state index in [2.05, 4.69) is 15.9 Å². The van der Waals surface area contributed by atoms with Crippen molar-refractivity contribution in [3.8, 4) is 5.75 Å². The van der Waals surface area contributed by atoms with E-state index < -0.39 is 23.7 Å². The third kappa shape index (κ3) is 4.71. The molecule has 1 aliphatic heterocycles. The second-order valence-corrected chi connectivity index (χ2v) is 8.33. The number of aliphatic hydroxyl groups is 1. The lowest BCUT2D eigenvalue weighted by Crippen LogP contribution is -2.30. The van der Waals surface area contributed by atoms with Crippen LogP contribution in [0.15, 0.2) is 52.5 Å². The standard InChI is InChI=1S/C24H24BrNO5/c1-4-5-11-26-21(16-7-6-8-18(13-16)31-15(3)27)20(23(29)24(26)30)22(28)17-9-10-19(25)14(2)12-17/h6-10,12-13,21,28H,4-5,11H2,1-3H3/b22-20-. The van der Waals surface area contributed by atoms with Gasteiger partial charge >= 0.3 is 5.97 Å². The van der Waals surface area contributed by atoms with Crippen molar-refractivity contribution < 1.29 is 24.2 Å². The smallest absolute Gasteiger partial charge is 0.308 e. The third-order valence-electron chi connectivity index (χ3n) is 5.16. The molecule has 31 heavy (non-hydrogen) atoms. The van der Waals surface area contributed by atoms with Crippen molar-refractivity contribution in [1.29, 1.82) is 0 Å². The zero-order valence-corrected chi connectivity index (χ0v) is 19.2. The van der Waals surface area contributed by atoms with Gasteiger partial charge in [-0.1, -0.05) is 47.5 Å². The molecule has 0 aliphatic carbocycles. The normalized spacial score (nSPS) is 17.8. The van der Waals surface area contributed by atoms with E-state index in [1.807, 2.05) is 13.8 Å². The molecule has 1 unspecified atom stereocenters. The van der Waals surface area contributed by atoms with Gasteiger partial charge in [0.25, 0.3) is 11.7 Å². The molecule has 0 bridgehead atoms. The maximum Gasteiger partial charge on any atom is 0.308 e. The molecule has 1 atom stereocenters. The highest BCUT2D eigenvalue weighted by Crippen LogP contribution is 2.40. The molecule has 162 valence electrons. The van der Waals surface area contributed by atoms with Crippen molar-refractivity contribution in [3.63, 3.8) is 0 Å². The first-order chi connectivity index (χ1) is 14.7. The molecule has 0 saturated carbocycles. The van der Waals surface area contributed by atoms with Crippen molar-refractivity contribution in [2.45, 2.75) is 39.7 Å². The van der Waals surface area contributed by atoms with E-state index in [1.54, 1.807) is 42.5 Å². The maximum absolute atomic E-state index is 13.0. The van der Waals surface area contributed by atoms with Gasteiger partial charge in [-0.25, -0.2) is 0 Å². The summed E-state index contributed by atoms with van der Waals surface area (Å²) in [4.78, 5) is 38.7. The lowest BCUT2D eigenvalue weighted by atomic mass is 9.94. The molecule has 6 nitrogen and oxygen atoms in total. The Morgan fingerprint density at radius 3 is 2.58 bits per heavy atom. The van der Waals surface area contributed by atoms with E-state index in [-0.39, 0.29) is 11.3 Å². The van der Waals surface area contributed by atoms with E-state index in [1.165, 1.54) is 11.8 Å². The Morgan fingerprint density at radius 2 is 1.94 bits per heavy atom. The lowest BCUT2D eigenvalue weighted by molar-refractivity contribution is -0.139. The maximum atomic E-state index is 13.0. The lowest BCUT2D eigenvalue weighted by Gasteiger charge is -2.25. The largest absolute Gasteiger partial charge is 0.507 e. The molecule has 1 saturated heterocycles. The number of carbonyl (C=O) groups is 3. The fourth-order valence-corrected chi connectivity index (χ4v) is 3.89. The Balaban J connectivity index is 2.17. The number of hydrogen-bond donors (Lipinski definition) is 1. The molecule has 2 aromatic rings. The summed E-state index contributed by atoms with van der Waals surface area (Å²) in [6, 6.07) is 11.2. The van der Waals surface area contributed by atoms with Gasteiger partial charge in [0.05, 0.1) is 11.6 Å². The summed E-state index contributed by atoms with van der Waals surface area (Å²) in [6.07, 6.45) is 1.56. The number of aliphatic hydroxyl groups excluding tert-OH is 1. The first-order valence-electron chi connectivity index (χ1n) is 10.1. The highest BCUT2D eigenvalue weighted by Gasteiger charge is 2.45. The van der Waals surface area contributed by atoms with Crippen LogP contribution in [0, 0.1) is 6.92 Å². The fourth-order valence-electron chi connectivity index (χ4n) is 3.65. The van der Waals surface area contributed by atoms with Gasteiger partial charge < -0.3 is 14.7 Å². The van der Waals surface area contributed by atoms with Gasteiger partial charge in [0.2, 0.25) is 0 Å². The minimum Gasteiger partial charge on any atom is -0.507 e. The number of amides is 1. The molecule has 7 heteroatoms. The van der Waals surface area contributed by atoms with Gasteiger partial charge in [0.15, 0.2) is 0 Å². The average Bonchev–Trinajstić information content (AvgIpc) is 2.98. The molecule has 1 fully saturated rings. The Labute approximate surface area is 189 Å². The summed E-state index contributed by atoms with van der Waals surface area (Å²) in [7, 11) is 0. The number of hydrogen-bond acceptors (Lipinski definition) is 5. The first-order valence-corrected chi connectivity index (χ1v) is 10.9. The van der Waals surface area contributed by atoms with Gasteiger partial charge in [0, 0.05) is 23.5 Å². The van der Waals surface area contributed by atoms with Crippen LogP contribution < -0.4 is 4.74 Å². The highest BCUT2D eigenvalue weighted by molar-refractivity contribution is 9.10. The van der Waals surface area contributed by atoms with Crippen LogP contribution in [0.5, 0.6) is 5.75 Å². The summed E-state index contributed by atoms with van der Waals surface area (Å²) in [5, 5.41) is 11.1. The number of ketones is 1. The number of aryl methyl sites for hydroxylation is 1. The number of halogens is 1. The molecule has 1 aliphatic rings. The molecular weight excluding hydrogens is 462 g/mol. The first kappa shape index (κ1) is 22.7. The number of unbranched alkanes of at least 4 members (excludes halogenated alkanes) is 1. The number of nitrogens with zero attached hydrogens (tertiary/aromatic N) is 1. The summed E-state index contributed by atoms with van der Waals surface area (Å²) in [6.45, 7) is 5.55. The fraction of sp³-hybridized carbons (Fsp3) is 0.292. The Morgan fingerprint density at radius 1 is 1.19 bits per heavy atom. The highest BCUT2D eigenvalue weighted by atomic mass is 79.9. The average molecular weight is 486 g/mol. The van der Waals surface area contributed by atoms with Gasteiger partial charge in [-0.2, -0.15) is 0 Å². The van der Waals surface area contributed by atoms with E-state index >= 15 is 0 Å². The van der Waals surface area contributed by atoms with Gasteiger partial charge in [-0.05, 0) is 48.7 Å². The SMILES string of the molecule is CCCCN1C(=O)C(=O)/C(=C(\O)c2ccc(Br)c(C)c2)C1c1cccc(OC(C)=O)c1. The van der Waals surface area contributed by atoms with Crippen molar-refractivity contribution in [3.05, 3.63) is 69.2 Å². The Kier molecular flexibility index (Phi) is 6.95. The number of esters is 1. The number of carbonyl (C=O) groups excluding carboxylic acids is 3. The summed E-state index contributed by atoms with van der Waals surface area (Å²) < 4.78 is 6.06. The third-order valence-corrected chi connectivity index (χ3v) is 6.05. The number of likely N-dealkylation sites (tertiary alicyclic amines) is 1. The zero-order valence-electron chi connectivity index (χ0n) is 17.6. The molecule has 1 N–H and O–H groups in total. The van der Waals surface area contributed by atoms with Crippen LogP contribution in [0.2, 0.25) is 0 Å². The van der Waals surface area contributed by atoms with Crippen LogP contribution in [0.1, 0.15) is 49.4 Å². The molecule has 0 spiro atoms. The van der Waals surface area contributed by atoms with Crippen molar-refractivity contribution in [1.82, 2.24) is 4.90 Å². The van der Waals surface area contributed by atoms with Gasteiger partial charge in [-0.3, -0.25) is 14.4 Å². The van der Waals surface area contributed by atoms with Crippen LogP contribution in [-0.4, -0.2) is 34.2 Å². The second-order valence-electron chi connectivity index (χ2n) is 7.48. The molecule has 0 aromatic heterocycles. The van der Waals surface area contributed by atoms with Crippen LogP contribution in [0.25, 0.3) is 5.76 Å². The van der Waals surface area contributed by atoms with Crippen LogP contribution in [0.4, 0.5) is 0 Å². The minimum atomic E-state index is -0.772. The second kappa shape index (κ2) is 9.47. The molecule has 3 rings (SSSR count). The van der Waals surface area contributed by atoms with E-state index in [9.17, 15) is 19.5 Å². The van der Waals surface area contributed by atoms with E-state index in [0.29, 0.717) is 29.8 Å². The summed E-state index contributed by atoms with van der Waals surface area (Å²) >= 11 is 3.43. The Hall–Kier alpha value is -2.93. The zero-order chi connectivity index (χ0) is 22.7. The molecular formula is C24H24BrNO5. The van der Waals surface area contributed by atoms with Crippen molar-refractivity contribution >= 4 is 39.3 Å². The predicted molar refractivity (Wildman–Crippen MR) is 121 cm³/mol. The van der Waals surface area contributed by atoms with Gasteiger partial charge in [0.1, 0.15) is 11.5 Å². The topological polar surface area (TPSA) is 83.9 Å². The number of rotatable bonds is 6. The monoisotopic (exact) mass is 485 g/mol. The molecule has 1 heterocycles. The number of benzene rings is 2. The van der Waals surface area contributed by atoms with E-state index in [4.69, 9.17) is 4.74 Å². The molecule has 2 aromatic carbocycles. The van der Waals surface area contributed by atoms with Crippen LogP contribution in [-0.2, 0) is 14.4 Å². The molecule has 1 amide bonds. The van der Waals surface area contributed by atoms with Crippen molar-refractivity contribution in [2.75, 3.05) is 6.54 Å². The molecule has 0 radical (unpaired) electrons. The van der Waals surface area contributed by atoms with Crippen LogP contribution in [0.3, 0.4) is 0 Å². The van der Waals surface area contributed by atoms with Crippen molar-refractivity contribution in [2.24, 2.45) is 0 Å².